The first kappa shape index (κ1) is 9.02. The van der Waals surface area contributed by atoms with Crippen LogP contribution in [0.3, 0.4) is 0 Å². The highest BCUT2D eigenvalue weighted by molar-refractivity contribution is 5.20. The van der Waals surface area contributed by atoms with Crippen molar-refractivity contribution < 1.29 is 4.42 Å². The van der Waals surface area contributed by atoms with E-state index in [9.17, 15) is 0 Å². The molecule has 2 N–H and O–H groups in total. The van der Waals surface area contributed by atoms with Crippen molar-refractivity contribution in [1.82, 2.24) is 9.78 Å². The number of hydrogen-bond donors (Lipinski definition) is 1. The van der Waals surface area contributed by atoms with Crippen LogP contribution in [0.4, 0.5) is 0 Å². The minimum atomic E-state index is -0.273. The molecule has 2 aromatic heterocycles. The Morgan fingerprint density at radius 2 is 2.36 bits per heavy atom. The van der Waals surface area contributed by atoms with E-state index >= 15 is 0 Å². The van der Waals surface area contributed by atoms with Crippen LogP contribution < -0.4 is 5.73 Å². The van der Waals surface area contributed by atoms with E-state index in [0.29, 0.717) is 0 Å². The van der Waals surface area contributed by atoms with Crippen LogP contribution in [0.2, 0.25) is 0 Å². The van der Waals surface area contributed by atoms with Gasteiger partial charge >= 0.3 is 0 Å². The molecule has 2 heterocycles. The highest BCUT2D eigenvalue weighted by Crippen LogP contribution is 2.18. The summed E-state index contributed by atoms with van der Waals surface area (Å²) in [5.74, 6) is 0.739. The normalized spacial score (nSPS) is 13.1. The molecular weight excluding hydrogens is 178 g/mol. The molecule has 0 saturated heterocycles. The third-order valence-electron chi connectivity index (χ3n) is 2.30. The monoisotopic (exact) mass is 191 g/mol. The van der Waals surface area contributed by atoms with Crippen molar-refractivity contribution in [1.29, 1.82) is 0 Å². The molecule has 0 amide bonds. The molecule has 0 radical (unpaired) electrons. The topological polar surface area (TPSA) is 57.0 Å². The van der Waals surface area contributed by atoms with Crippen LogP contribution in [0.15, 0.2) is 28.9 Å². The van der Waals surface area contributed by atoms with Crippen LogP contribution in [0.1, 0.15) is 23.2 Å². The Balaban J connectivity index is 2.32. The summed E-state index contributed by atoms with van der Waals surface area (Å²) in [4.78, 5) is 0. The van der Waals surface area contributed by atoms with Crippen molar-refractivity contribution in [2.24, 2.45) is 12.8 Å². The maximum atomic E-state index is 5.97. The Morgan fingerprint density at radius 1 is 1.57 bits per heavy atom. The number of rotatable bonds is 2. The lowest BCUT2D eigenvalue weighted by Crippen LogP contribution is -2.11. The first-order valence-corrected chi connectivity index (χ1v) is 4.48. The van der Waals surface area contributed by atoms with E-state index in [1.165, 1.54) is 0 Å². The zero-order chi connectivity index (χ0) is 10.1. The molecule has 0 fully saturated rings. The van der Waals surface area contributed by atoms with Crippen LogP contribution in [0, 0.1) is 6.92 Å². The second-order valence-electron chi connectivity index (χ2n) is 3.33. The molecule has 2 aromatic rings. The Morgan fingerprint density at radius 3 is 2.86 bits per heavy atom. The lowest BCUT2D eigenvalue weighted by molar-refractivity contribution is 0.484. The number of nitrogens with two attached hydrogens (primary N) is 1. The van der Waals surface area contributed by atoms with Crippen molar-refractivity contribution in [2.75, 3.05) is 0 Å². The second kappa shape index (κ2) is 3.31. The van der Waals surface area contributed by atoms with E-state index in [0.717, 1.165) is 17.1 Å². The molecule has 1 atom stereocenters. The maximum absolute atomic E-state index is 5.97. The molecule has 0 aliphatic rings. The van der Waals surface area contributed by atoms with Gasteiger partial charge in [0.2, 0.25) is 0 Å². The van der Waals surface area contributed by atoms with Gasteiger partial charge in [-0.05, 0) is 25.1 Å². The fourth-order valence-electron chi connectivity index (χ4n) is 1.35. The van der Waals surface area contributed by atoms with Gasteiger partial charge in [-0.2, -0.15) is 5.10 Å². The van der Waals surface area contributed by atoms with Crippen LogP contribution in [-0.4, -0.2) is 9.78 Å². The molecule has 0 spiro atoms. The molecule has 0 aliphatic carbocycles. The number of furan rings is 1. The van der Waals surface area contributed by atoms with Gasteiger partial charge in [0.1, 0.15) is 11.8 Å². The summed E-state index contributed by atoms with van der Waals surface area (Å²) in [5.41, 5.74) is 7.89. The van der Waals surface area contributed by atoms with E-state index in [1.807, 2.05) is 32.2 Å². The quantitative estimate of drug-likeness (QED) is 0.780. The number of aromatic nitrogens is 2. The smallest absolute Gasteiger partial charge is 0.126 e. The Labute approximate surface area is 82.3 Å². The fraction of sp³-hybridized carbons (Fsp3) is 0.300. The highest BCUT2D eigenvalue weighted by atomic mass is 16.3. The molecular formula is C10H13N3O. The van der Waals surface area contributed by atoms with Gasteiger partial charge in [-0.25, -0.2) is 0 Å². The first-order valence-electron chi connectivity index (χ1n) is 4.48. The first-order chi connectivity index (χ1) is 6.68. The molecule has 4 nitrogen and oxygen atoms in total. The molecule has 0 bridgehead atoms. The predicted octanol–water partition coefficient (Wildman–Crippen LogP) is 1.37. The standard InChI is InChI=1S/C10H13N3O/c1-7-6-8(12-13(7)2)10(11)9-4-3-5-14-9/h3-6,10H,11H2,1-2H3. The van der Waals surface area contributed by atoms with Gasteiger partial charge in [-0.3, -0.25) is 4.68 Å². The molecule has 0 aliphatic heterocycles. The molecule has 1 unspecified atom stereocenters. The number of nitrogens with zero attached hydrogens (tertiary/aromatic N) is 2. The Hall–Kier alpha value is -1.55. The van der Waals surface area contributed by atoms with Gasteiger partial charge in [-0.1, -0.05) is 0 Å². The molecule has 2 rings (SSSR count). The van der Waals surface area contributed by atoms with Crippen LogP contribution >= 0.6 is 0 Å². The minimum Gasteiger partial charge on any atom is -0.467 e. The van der Waals surface area contributed by atoms with Crippen molar-refractivity contribution in [3.63, 3.8) is 0 Å². The van der Waals surface area contributed by atoms with Crippen LogP contribution in [0.5, 0.6) is 0 Å². The van der Waals surface area contributed by atoms with Gasteiger partial charge in [0.15, 0.2) is 0 Å². The minimum absolute atomic E-state index is 0.273. The van der Waals surface area contributed by atoms with Crippen molar-refractivity contribution in [3.8, 4) is 0 Å². The lowest BCUT2D eigenvalue weighted by Gasteiger charge is -2.03. The molecule has 74 valence electrons. The van der Waals surface area contributed by atoms with Gasteiger partial charge < -0.3 is 10.2 Å². The highest BCUT2D eigenvalue weighted by Gasteiger charge is 2.15. The lowest BCUT2D eigenvalue weighted by atomic mass is 10.1. The largest absolute Gasteiger partial charge is 0.467 e. The SMILES string of the molecule is Cc1cc(C(N)c2ccco2)nn1C. The summed E-state index contributed by atoms with van der Waals surface area (Å²) >= 11 is 0. The van der Waals surface area contributed by atoms with E-state index in [2.05, 4.69) is 5.10 Å². The van der Waals surface area contributed by atoms with E-state index in [4.69, 9.17) is 10.2 Å². The Kier molecular flexibility index (Phi) is 2.13. The number of hydrogen-bond acceptors (Lipinski definition) is 3. The molecule has 14 heavy (non-hydrogen) atoms. The summed E-state index contributed by atoms with van der Waals surface area (Å²) in [6.45, 7) is 1.99. The third kappa shape index (κ3) is 1.44. The number of aryl methyl sites for hydroxylation is 2. The van der Waals surface area contributed by atoms with Gasteiger partial charge in [-0.15, -0.1) is 0 Å². The zero-order valence-corrected chi connectivity index (χ0v) is 8.27. The van der Waals surface area contributed by atoms with Crippen molar-refractivity contribution >= 4 is 0 Å². The average Bonchev–Trinajstić information content (AvgIpc) is 2.76. The third-order valence-corrected chi connectivity index (χ3v) is 2.30. The van der Waals surface area contributed by atoms with Gasteiger partial charge in [0.05, 0.1) is 12.0 Å². The average molecular weight is 191 g/mol. The second-order valence-corrected chi connectivity index (χ2v) is 3.33. The van der Waals surface area contributed by atoms with Gasteiger partial charge in [0, 0.05) is 12.7 Å². The van der Waals surface area contributed by atoms with Crippen molar-refractivity contribution in [2.45, 2.75) is 13.0 Å². The van der Waals surface area contributed by atoms with E-state index in [-0.39, 0.29) is 6.04 Å². The summed E-state index contributed by atoms with van der Waals surface area (Å²) in [7, 11) is 1.90. The zero-order valence-electron chi connectivity index (χ0n) is 8.27. The van der Waals surface area contributed by atoms with Crippen LogP contribution in [0.25, 0.3) is 0 Å². The summed E-state index contributed by atoms with van der Waals surface area (Å²) in [6, 6.07) is 5.37. The Bertz CT molecular complexity index is 397. The summed E-state index contributed by atoms with van der Waals surface area (Å²) < 4.78 is 7.03. The fourth-order valence-corrected chi connectivity index (χ4v) is 1.35. The van der Waals surface area contributed by atoms with E-state index < -0.39 is 0 Å². The maximum Gasteiger partial charge on any atom is 0.126 e. The van der Waals surface area contributed by atoms with Crippen LogP contribution in [-0.2, 0) is 7.05 Å². The molecule has 0 saturated carbocycles. The molecule has 0 aromatic carbocycles. The van der Waals surface area contributed by atoms with Crippen molar-refractivity contribution in [3.05, 3.63) is 41.6 Å². The summed E-state index contributed by atoms with van der Waals surface area (Å²) in [6.07, 6.45) is 1.62. The molecule has 4 heteroatoms. The predicted molar refractivity (Wildman–Crippen MR) is 52.7 cm³/mol. The van der Waals surface area contributed by atoms with Gasteiger partial charge in [0.25, 0.3) is 0 Å². The summed E-state index contributed by atoms with van der Waals surface area (Å²) in [5, 5.41) is 4.30. The van der Waals surface area contributed by atoms with E-state index in [1.54, 1.807) is 10.9 Å².